The lowest BCUT2D eigenvalue weighted by Crippen LogP contribution is -2.13. The molecule has 0 aliphatic carbocycles. The summed E-state index contributed by atoms with van der Waals surface area (Å²) in [4.78, 5) is 12.0. The maximum absolute atomic E-state index is 13.5. The molecule has 1 amide bonds. The molecule has 1 heterocycles. The van der Waals surface area contributed by atoms with E-state index in [-0.39, 0.29) is 18.0 Å². The van der Waals surface area contributed by atoms with Gasteiger partial charge >= 0.3 is 0 Å². The van der Waals surface area contributed by atoms with Crippen molar-refractivity contribution in [2.75, 3.05) is 12.4 Å². The predicted molar refractivity (Wildman–Crippen MR) is 94.0 cm³/mol. The van der Waals surface area contributed by atoms with Crippen molar-refractivity contribution in [2.45, 2.75) is 12.8 Å². The van der Waals surface area contributed by atoms with Crippen LogP contribution in [0.1, 0.15) is 12.2 Å². The molecule has 3 rings (SSSR count). The first kappa shape index (κ1) is 16.8. The van der Waals surface area contributed by atoms with Crippen molar-refractivity contribution in [1.29, 1.82) is 0 Å². The van der Waals surface area contributed by atoms with Gasteiger partial charge in [-0.3, -0.25) is 4.79 Å². The van der Waals surface area contributed by atoms with Crippen LogP contribution in [0.4, 0.5) is 10.1 Å². The standard InChI is InChI=1S/C20H18FNO3/c1-24-15-8-6-14(7-9-15)19-12-10-16(25-19)11-13-20(23)22-18-5-3-2-4-17(18)21/h2-10,12H,11,13H2,1H3,(H,22,23). The quantitative estimate of drug-likeness (QED) is 0.710. The molecule has 2 aromatic carbocycles. The number of nitrogens with one attached hydrogen (secondary N) is 1. The van der Waals surface area contributed by atoms with Gasteiger partial charge in [0.05, 0.1) is 12.8 Å². The van der Waals surface area contributed by atoms with Crippen molar-refractivity contribution in [2.24, 2.45) is 0 Å². The van der Waals surface area contributed by atoms with Crippen LogP contribution in [-0.2, 0) is 11.2 Å². The predicted octanol–water partition coefficient (Wildman–Crippen LogP) is 4.67. The molecule has 25 heavy (non-hydrogen) atoms. The number of halogens is 1. The lowest BCUT2D eigenvalue weighted by atomic mass is 10.2. The number of furan rings is 1. The monoisotopic (exact) mass is 339 g/mol. The maximum atomic E-state index is 13.5. The van der Waals surface area contributed by atoms with Crippen LogP contribution in [0, 0.1) is 5.82 Å². The Morgan fingerprint density at radius 3 is 2.56 bits per heavy atom. The Kier molecular flexibility index (Phi) is 5.14. The molecule has 1 aromatic heterocycles. The lowest BCUT2D eigenvalue weighted by molar-refractivity contribution is -0.116. The number of ether oxygens (including phenoxy) is 1. The molecule has 5 heteroatoms. The highest BCUT2D eigenvalue weighted by Gasteiger charge is 2.09. The zero-order valence-electron chi connectivity index (χ0n) is 13.8. The lowest BCUT2D eigenvalue weighted by Gasteiger charge is -2.05. The number of amides is 1. The first-order valence-electron chi connectivity index (χ1n) is 7.93. The molecule has 0 saturated heterocycles. The third kappa shape index (κ3) is 4.26. The number of benzene rings is 2. The number of rotatable bonds is 6. The number of carbonyl (C=O) groups is 1. The van der Waals surface area contributed by atoms with Crippen molar-refractivity contribution < 1.29 is 18.3 Å². The Morgan fingerprint density at radius 1 is 1.08 bits per heavy atom. The van der Waals surface area contributed by atoms with E-state index in [4.69, 9.17) is 9.15 Å². The highest BCUT2D eigenvalue weighted by Crippen LogP contribution is 2.25. The van der Waals surface area contributed by atoms with Crippen LogP contribution in [-0.4, -0.2) is 13.0 Å². The van der Waals surface area contributed by atoms with Crippen molar-refractivity contribution >= 4 is 11.6 Å². The average molecular weight is 339 g/mol. The molecule has 0 bridgehead atoms. The van der Waals surface area contributed by atoms with Crippen LogP contribution >= 0.6 is 0 Å². The SMILES string of the molecule is COc1ccc(-c2ccc(CCC(=O)Nc3ccccc3F)o2)cc1. The summed E-state index contributed by atoms with van der Waals surface area (Å²) in [5, 5.41) is 2.56. The van der Waals surface area contributed by atoms with Gasteiger partial charge in [0.25, 0.3) is 0 Å². The summed E-state index contributed by atoms with van der Waals surface area (Å²) in [6, 6.07) is 17.3. The van der Waals surface area contributed by atoms with Crippen LogP contribution in [0.15, 0.2) is 65.1 Å². The number of hydrogen-bond donors (Lipinski definition) is 1. The number of carbonyl (C=O) groups excluding carboxylic acids is 1. The van der Waals surface area contributed by atoms with Crippen LogP contribution < -0.4 is 10.1 Å². The number of hydrogen-bond acceptors (Lipinski definition) is 3. The highest BCUT2D eigenvalue weighted by molar-refractivity contribution is 5.90. The molecule has 0 atom stereocenters. The summed E-state index contributed by atoms with van der Waals surface area (Å²) in [5.74, 6) is 1.50. The molecule has 128 valence electrons. The van der Waals surface area contributed by atoms with Gasteiger partial charge in [-0.05, 0) is 48.5 Å². The van der Waals surface area contributed by atoms with Crippen LogP contribution in [0.25, 0.3) is 11.3 Å². The molecule has 0 radical (unpaired) electrons. The van der Waals surface area contributed by atoms with Gasteiger partial charge in [0, 0.05) is 18.4 Å². The third-order valence-corrected chi connectivity index (χ3v) is 3.78. The van der Waals surface area contributed by atoms with Gasteiger partial charge in [0.1, 0.15) is 23.1 Å². The number of methoxy groups -OCH3 is 1. The van der Waals surface area contributed by atoms with E-state index in [9.17, 15) is 9.18 Å². The minimum Gasteiger partial charge on any atom is -0.497 e. The summed E-state index contributed by atoms with van der Waals surface area (Å²) in [7, 11) is 1.62. The Labute approximate surface area is 145 Å². The number of anilines is 1. The van der Waals surface area contributed by atoms with Crippen molar-refractivity contribution in [3.05, 3.63) is 72.2 Å². The first-order valence-corrected chi connectivity index (χ1v) is 7.93. The van der Waals surface area contributed by atoms with E-state index in [1.165, 1.54) is 12.1 Å². The summed E-state index contributed by atoms with van der Waals surface area (Å²) in [6.45, 7) is 0. The average Bonchev–Trinajstić information content (AvgIpc) is 3.11. The fourth-order valence-electron chi connectivity index (χ4n) is 2.43. The van der Waals surface area contributed by atoms with Crippen molar-refractivity contribution in [3.8, 4) is 17.1 Å². The smallest absolute Gasteiger partial charge is 0.224 e. The van der Waals surface area contributed by atoms with Gasteiger partial charge in [-0.25, -0.2) is 4.39 Å². The molecule has 0 spiro atoms. The van der Waals surface area contributed by atoms with E-state index in [0.717, 1.165) is 17.1 Å². The Morgan fingerprint density at radius 2 is 1.84 bits per heavy atom. The molecule has 0 unspecified atom stereocenters. The zero-order chi connectivity index (χ0) is 17.6. The fraction of sp³-hybridized carbons (Fsp3) is 0.150. The Hall–Kier alpha value is -3.08. The first-order chi connectivity index (χ1) is 12.2. The van der Waals surface area contributed by atoms with E-state index >= 15 is 0 Å². The minimum atomic E-state index is -0.448. The van der Waals surface area contributed by atoms with E-state index in [2.05, 4.69) is 5.32 Å². The van der Waals surface area contributed by atoms with Gasteiger partial charge in [0.2, 0.25) is 5.91 Å². The molecule has 4 nitrogen and oxygen atoms in total. The van der Waals surface area contributed by atoms with Gasteiger partial charge in [-0.2, -0.15) is 0 Å². The molecule has 0 aliphatic heterocycles. The summed E-state index contributed by atoms with van der Waals surface area (Å²) in [6.07, 6.45) is 0.653. The third-order valence-electron chi connectivity index (χ3n) is 3.78. The number of para-hydroxylation sites is 1. The van der Waals surface area contributed by atoms with Crippen LogP contribution in [0.3, 0.4) is 0 Å². The van der Waals surface area contributed by atoms with E-state index in [1.807, 2.05) is 36.4 Å². The molecule has 0 aliphatic rings. The second-order valence-electron chi connectivity index (χ2n) is 5.52. The fourth-order valence-corrected chi connectivity index (χ4v) is 2.43. The van der Waals surface area contributed by atoms with Gasteiger partial charge < -0.3 is 14.5 Å². The molecule has 0 fully saturated rings. The van der Waals surface area contributed by atoms with Crippen molar-refractivity contribution in [1.82, 2.24) is 0 Å². The molecular formula is C20H18FNO3. The Bertz CT molecular complexity index is 855. The second-order valence-corrected chi connectivity index (χ2v) is 5.52. The van der Waals surface area contributed by atoms with Gasteiger partial charge in [0.15, 0.2) is 0 Å². The maximum Gasteiger partial charge on any atom is 0.224 e. The van der Waals surface area contributed by atoms with E-state index in [1.54, 1.807) is 19.2 Å². The topological polar surface area (TPSA) is 51.5 Å². The zero-order valence-corrected chi connectivity index (χ0v) is 13.8. The molecule has 1 N–H and O–H groups in total. The molecule has 0 saturated carbocycles. The summed E-state index contributed by atoms with van der Waals surface area (Å²) < 4.78 is 24.4. The molecule has 3 aromatic rings. The van der Waals surface area contributed by atoms with Crippen LogP contribution in [0.2, 0.25) is 0 Å². The normalized spacial score (nSPS) is 10.5. The van der Waals surface area contributed by atoms with E-state index < -0.39 is 5.82 Å². The second kappa shape index (κ2) is 7.66. The van der Waals surface area contributed by atoms with Gasteiger partial charge in [-0.1, -0.05) is 12.1 Å². The Balaban J connectivity index is 1.58. The van der Waals surface area contributed by atoms with Crippen molar-refractivity contribution in [3.63, 3.8) is 0 Å². The highest BCUT2D eigenvalue weighted by atomic mass is 19.1. The largest absolute Gasteiger partial charge is 0.497 e. The minimum absolute atomic E-state index is 0.186. The van der Waals surface area contributed by atoms with Crippen LogP contribution in [0.5, 0.6) is 5.75 Å². The molecular weight excluding hydrogens is 321 g/mol. The van der Waals surface area contributed by atoms with E-state index in [0.29, 0.717) is 12.2 Å². The summed E-state index contributed by atoms with van der Waals surface area (Å²) >= 11 is 0. The number of aryl methyl sites for hydroxylation is 1. The summed E-state index contributed by atoms with van der Waals surface area (Å²) in [5.41, 5.74) is 1.12. The van der Waals surface area contributed by atoms with Gasteiger partial charge in [-0.15, -0.1) is 0 Å².